The van der Waals surface area contributed by atoms with Crippen LogP contribution in [0.4, 0.5) is 0 Å². The van der Waals surface area contributed by atoms with E-state index in [4.69, 9.17) is 9.98 Å². The summed E-state index contributed by atoms with van der Waals surface area (Å²) in [6, 6.07) is 43.6. The highest BCUT2D eigenvalue weighted by Gasteiger charge is 2.28. The first-order valence-corrected chi connectivity index (χ1v) is 14.9. The van der Waals surface area contributed by atoms with Gasteiger partial charge in [-0.2, -0.15) is 0 Å². The van der Waals surface area contributed by atoms with Crippen LogP contribution >= 0.6 is 11.8 Å². The van der Waals surface area contributed by atoms with Crippen molar-refractivity contribution in [3.63, 3.8) is 0 Å². The van der Waals surface area contributed by atoms with Crippen LogP contribution in [0.3, 0.4) is 0 Å². The molecule has 2 heterocycles. The SMILES string of the molecule is C1=CC2N=C(c3ccc(-c4ccc(-c5nc6ccccc6c6c(-c7ccccc7)cccc56)cc4)cc3)SC2C=C1. The molecule has 2 atom stereocenters. The van der Waals surface area contributed by atoms with Gasteiger partial charge in [-0.3, -0.25) is 4.99 Å². The summed E-state index contributed by atoms with van der Waals surface area (Å²) in [5.41, 5.74) is 9.17. The summed E-state index contributed by atoms with van der Waals surface area (Å²) in [4.78, 5) is 10.1. The minimum atomic E-state index is 0.260. The molecule has 5 aromatic carbocycles. The molecule has 6 aromatic rings. The van der Waals surface area contributed by atoms with Crippen LogP contribution in [0.15, 0.2) is 151 Å². The Morgan fingerprint density at radius 1 is 0.512 bits per heavy atom. The summed E-state index contributed by atoms with van der Waals surface area (Å²) in [6.45, 7) is 0. The fourth-order valence-corrected chi connectivity index (χ4v) is 7.12. The van der Waals surface area contributed by atoms with Gasteiger partial charge >= 0.3 is 0 Å². The Morgan fingerprint density at radius 2 is 1.17 bits per heavy atom. The smallest absolute Gasteiger partial charge is 0.0991 e. The molecule has 1 aliphatic carbocycles. The summed E-state index contributed by atoms with van der Waals surface area (Å²) in [5.74, 6) is 0. The molecule has 1 aromatic heterocycles. The zero-order valence-electron chi connectivity index (χ0n) is 22.3. The Hall–Kier alpha value is -4.73. The Balaban J connectivity index is 1.16. The fraction of sp³-hybridized carbons (Fsp3) is 0.0526. The van der Waals surface area contributed by atoms with Crippen molar-refractivity contribution in [3.8, 4) is 33.5 Å². The second-order valence-electron chi connectivity index (χ2n) is 10.5. The van der Waals surface area contributed by atoms with E-state index in [-0.39, 0.29) is 6.04 Å². The van der Waals surface area contributed by atoms with E-state index in [0.29, 0.717) is 5.25 Å². The molecule has 41 heavy (non-hydrogen) atoms. The highest BCUT2D eigenvalue weighted by molar-refractivity contribution is 8.15. The zero-order valence-corrected chi connectivity index (χ0v) is 23.1. The number of para-hydroxylation sites is 1. The van der Waals surface area contributed by atoms with Gasteiger partial charge in [0.2, 0.25) is 0 Å². The quantitative estimate of drug-likeness (QED) is 0.207. The van der Waals surface area contributed by atoms with Crippen molar-refractivity contribution >= 4 is 38.5 Å². The maximum absolute atomic E-state index is 5.17. The molecule has 2 unspecified atom stereocenters. The summed E-state index contributed by atoms with van der Waals surface area (Å²) < 4.78 is 0. The van der Waals surface area contributed by atoms with Gasteiger partial charge in [-0.05, 0) is 28.3 Å². The number of aliphatic imine (C=N–C) groups is 1. The molecule has 0 spiro atoms. The maximum Gasteiger partial charge on any atom is 0.0991 e. The predicted molar refractivity (Wildman–Crippen MR) is 176 cm³/mol. The molecule has 0 bridgehead atoms. The Kier molecular flexibility index (Phi) is 5.89. The Morgan fingerprint density at radius 3 is 1.95 bits per heavy atom. The first kappa shape index (κ1) is 24.1. The summed E-state index contributed by atoms with van der Waals surface area (Å²) in [6.07, 6.45) is 8.66. The van der Waals surface area contributed by atoms with E-state index < -0.39 is 0 Å². The van der Waals surface area contributed by atoms with E-state index in [0.717, 1.165) is 21.8 Å². The predicted octanol–water partition coefficient (Wildman–Crippen LogP) is 9.75. The van der Waals surface area contributed by atoms with Gasteiger partial charge in [0, 0.05) is 27.3 Å². The average Bonchev–Trinajstić information content (AvgIpc) is 3.49. The molecule has 2 aliphatic rings. The third-order valence-electron chi connectivity index (χ3n) is 8.00. The normalized spacial score (nSPS) is 17.6. The molecule has 0 amide bonds. The Bertz CT molecular complexity index is 2000. The van der Waals surface area contributed by atoms with Gasteiger partial charge in [-0.15, -0.1) is 0 Å². The zero-order chi connectivity index (χ0) is 27.2. The lowest BCUT2D eigenvalue weighted by atomic mass is 9.92. The summed E-state index contributed by atoms with van der Waals surface area (Å²) in [7, 11) is 0. The van der Waals surface area contributed by atoms with Crippen molar-refractivity contribution in [2.75, 3.05) is 0 Å². The molecular formula is C38H26N2S. The monoisotopic (exact) mass is 542 g/mol. The van der Waals surface area contributed by atoms with Gasteiger partial charge < -0.3 is 0 Å². The molecule has 2 nitrogen and oxygen atoms in total. The summed E-state index contributed by atoms with van der Waals surface area (Å²) in [5, 5.41) is 5.14. The highest BCUT2D eigenvalue weighted by Crippen LogP contribution is 2.39. The van der Waals surface area contributed by atoms with E-state index in [9.17, 15) is 0 Å². The number of nitrogens with zero attached hydrogens (tertiary/aromatic N) is 2. The van der Waals surface area contributed by atoms with Gasteiger partial charge in [0.1, 0.15) is 0 Å². The second-order valence-corrected chi connectivity index (χ2v) is 11.7. The minimum Gasteiger partial charge on any atom is -0.269 e. The van der Waals surface area contributed by atoms with Crippen molar-refractivity contribution in [2.24, 2.45) is 4.99 Å². The average molecular weight is 543 g/mol. The van der Waals surface area contributed by atoms with Crippen molar-refractivity contribution in [3.05, 3.63) is 151 Å². The highest BCUT2D eigenvalue weighted by atomic mass is 32.2. The fourth-order valence-electron chi connectivity index (χ4n) is 5.94. The van der Waals surface area contributed by atoms with Crippen LogP contribution in [-0.2, 0) is 0 Å². The van der Waals surface area contributed by atoms with Gasteiger partial charge in [-0.1, -0.05) is 151 Å². The number of thioether (sulfide) groups is 1. The van der Waals surface area contributed by atoms with Gasteiger partial charge in [0.25, 0.3) is 0 Å². The molecule has 0 radical (unpaired) electrons. The van der Waals surface area contributed by atoms with E-state index in [1.54, 1.807) is 0 Å². The summed E-state index contributed by atoms with van der Waals surface area (Å²) >= 11 is 1.85. The van der Waals surface area contributed by atoms with E-state index >= 15 is 0 Å². The number of fused-ring (bicyclic) bond motifs is 4. The molecule has 3 heteroatoms. The third kappa shape index (κ3) is 4.30. The second kappa shape index (κ2) is 10.0. The van der Waals surface area contributed by atoms with Gasteiger partial charge in [0.15, 0.2) is 0 Å². The van der Waals surface area contributed by atoms with Crippen LogP contribution in [0.2, 0.25) is 0 Å². The molecule has 194 valence electrons. The topological polar surface area (TPSA) is 25.2 Å². The molecule has 8 rings (SSSR count). The first-order valence-electron chi connectivity index (χ1n) is 14.0. The lowest BCUT2D eigenvalue weighted by Crippen LogP contribution is -2.13. The van der Waals surface area contributed by atoms with Crippen LogP contribution in [0, 0.1) is 0 Å². The van der Waals surface area contributed by atoms with Crippen LogP contribution in [0.1, 0.15) is 5.56 Å². The number of allylic oxidation sites excluding steroid dienone is 2. The molecule has 0 saturated carbocycles. The molecular weight excluding hydrogens is 516 g/mol. The van der Waals surface area contributed by atoms with E-state index in [1.807, 2.05) is 11.8 Å². The Labute approximate surface area is 243 Å². The van der Waals surface area contributed by atoms with Crippen LogP contribution in [0.25, 0.3) is 55.2 Å². The number of benzene rings is 5. The van der Waals surface area contributed by atoms with E-state index in [1.165, 1.54) is 44.0 Å². The lowest BCUT2D eigenvalue weighted by Gasteiger charge is -2.14. The maximum atomic E-state index is 5.17. The number of aromatic nitrogens is 1. The van der Waals surface area contributed by atoms with Crippen molar-refractivity contribution < 1.29 is 0 Å². The number of hydrogen-bond acceptors (Lipinski definition) is 3. The number of pyridine rings is 1. The minimum absolute atomic E-state index is 0.260. The van der Waals surface area contributed by atoms with Crippen LogP contribution in [-0.4, -0.2) is 21.3 Å². The van der Waals surface area contributed by atoms with Gasteiger partial charge in [-0.25, -0.2) is 4.98 Å². The van der Waals surface area contributed by atoms with Gasteiger partial charge in [0.05, 0.1) is 27.5 Å². The van der Waals surface area contributed by atoms with Crippen LogP contribution < -0.4 is 0 Å². The van der Waals surface area contributed by atoms with Crippen molar-refractivity contribution in [1.29, 1.82) is 0 Å². The van der Waals surface area contributed by atoms with Crippen LogP contribution in [0.5, 0.6) is 0 Å². The molecule has 0 saturated heterocycles. The standard InChI is InChI=1S/C38H26N2S/c1-2-9-27(10-3-1)30-12-8-13-32-36(30)31-11-4-5-14-33(31)39-37(32)28-21-17-25(18-22-28)26-19-23-29(24-20-26)38-40-34-15-6-7-16-35(34)41-38/h1-24,34-35H. The van der Waals surface area contributed by atoms with Crippen molar-refractivity contribution in [2.45, 2.75) is 11.3 Å². The lowest BCUT2D eigenvalue weighted by molar-refractivity contribution is 0.862. The number of hydrogen-bond donors (Lipinski definition) is 0. The largest absolute Gasteiger partial charge is 0.269 e. The van der Waals surface area contributed by atoms with Crippen molar-refractivity contribution in [1.82, 2.24) is 4.98 Å². The molecule has 0 fully saturated rings. The number of rotatable bonds is 4. The molecule has 0 N–H and O–H groups in total. The third-order valence-corrected chi connectivity index (χ3v) is 9.28. The first-order chi connectivity index (χ1) is 20.3. The molecule has 1 aliphatic heterocycles. The van der Waals surface area contributed by atoms with E-state index in [2.05, 4.69) is 146 Å².